The largest absolute Gasteiger partial charge is 0.466 e. The van der Waals surface area contributed by atoms with Crippen LogP contribution in [0.5, 0.6) is 0 Å². The van der Waals surface area contributed by atoms with Gasteiger partial charge in [0, 0.05) is 50.0 Å². The number of ketones is 1. The fourth-order valence-corrected chi connectivity index (χ4v) is 6.06. The van der Waals surface area contributed by atoms with Crippen molar-refractivity contribution in [3.05, 3.63) is 122 Å². The van der Waals surface area contributed by atoms with Gasteiger partial charge in [0.1, 0.15) is 0 Å². The maximum Gasteiger partial charge on any atom is 0.336 e. The van der Waals surface area contributed by atoms with Gasteiger partial charge in [-0.1, -0.05) is 70.5 Å². The van der Waals surface area contributed by atoms with Gasteiger partial charge in [-0.2, -0.15) is 0 Å². The zero-order valence-corrected chi connectivity index (χ0v) is 22.3. The van der Waals surface area contributed by atoms with Crippen molar-refractivity contribution in [2.75, 3.05) is 7.11 Å². The second kappa shape index (κ2) is 8.89. The maximum absolute atomic E-state index is 13.9. The third kappa shape index (κ3) is 3.58. The smallest absolute Gasteiger partial charge is 0.336 e. The molecule has 0 spiro atoms. The van der Waals surface area contributed by atoms with Crippen LogP contribution in [0, 0.1) is 6.92 Å². The number of ether oxygens (including phenoxy) is 1. The molecule has 0 saturated heterocycles. The molecule has 0 fully saturated rings. The first-order chi connectivity index (χ1) is 17.9. The molecule has 1 aromatic heterocycles. The number of carbonyl (C=O) groups excluding carboxylic acids is 2. The van der Waals surface area contributed by atoms with Crippen LogP contribution in [-0.2, 0) is 16.1 Å². The molecule has 1 aliphatic heterocycles. The van der Waals surface area contributed by atoms with Crippen LogP contribution in [0.25, 0.3) is 16.6 Å². The van der Waals surface area contributed by atoms with Crippen molar-refractivity contribution in [3.8, 4) is 0 Å². The van der Waals surface area contributed by atoms with Crippen LogP contribution in [0.1, 0.15) is 45.6 Å². The van der Waals surface area contributed by atoms with Crippen LogP contribution in [0.15, 0.2) is 94.1 Å². The van der Waals surface area contributed by atoms with E-state index in [1.54, 1.807) is 0 Å². The molecule has 0 saturated carbocycles. The van der Waals surface area contributed by atoms with E-state index >= 15 is 0 Å². The lowest BCUT2D eigenvalue weighted by Crippen LogP contribution is -2.29. The molecule has 6 rings (SSSR count). The van der Waals surface area contributed by atoms with Gasteiger partial charge in [0.05, 0.1) is 24.3 Å². The zero-order chi connectivity index (χ0) is 25.8. The molecule has 0 amide bonds. The van der Waals surface area contributed by atoms with Gasteiger partial charge >= 0.3 is 5.97 Å². The Morgan fingerprint density at radius 1 is 0.973 bits per heavy atom. The Balaban J connectivity index is 1.62. The Hall–Kier alpha value is -3.90. The van der Waals surface area contributed by atoms with Gasteiger partial charge in [-0.15, -0.1) is 0 Å². The molecule has 5 nitrogen and oxygen atoms in total. The third-order valence-corrected chi connectivity index (χ3v) is 8.01. The van der Waals surface area contributed by atoms with Crippen LogP contribution in [0.3, 0.4) is 0 Å². The first-order valence-corrected chi connectivity index (χ1v) is 13.0. The Morgan fingerprint density at radius 3 is 2.38 bits per heavy atom. The Kier molecular flexibility index (Phi) is 5.64. The van der Waals surface area contributed by atoms with Gasteiger partial charge in [-0.3, -0.25) is 4.79 Å². The second-order valence-corrected chi connectivity index (χ2v) is 10.4. The monoisotopic (exact) mass is 552 g/mol. The average molecular weight is 553 g/mol. The quantitative estimate of drug-likeness (QED) is 0.293. The van der Waals surface area contributed by atoms with E-state index in [9.17, 15) is 9.59 Å². The van der Waals surface area contributed by atoms with Crippen LogP contribution in [0.4, 0.5) is 0 Å². The third-order valence-electron chi connectivity index (χ3n) is 7.48. The molecule has 1 N–H and O–H groups in total. The van der Waals surface area contributed by atoms with Crippen LogP contribution >= 0.6 is 15.9 Å². The van der Waals surface area contributed by atoms with E-state index < -0.39 is 11.9 Å². The SMILES string of the molecule is COC(=O)C1=C(C)NC2=C(C(=O)c3ccccc32)[C@H]1c1c(C)n(Cc2ccc(Br)cc2)c2ccccc12. The number of nitrogens with zero attached hydrogens (tertiary/aromatic N) is 1. The minimum atomic E-state index is -0.556. The standard InChI is InChI=1S/C31H25BrN2O3/c1-17-25(31(36)37-3)27(28-29(33-17)21-8-4-5-9-22(21)30(28)35)26-18(2)34(24-11-7-6-10-23(24)26)16-19-12-14-20(32)15-13-19/h4-15,27,33H,16H2,1-3H3/t27-/m1/s1. The van der Waals surface area contributed by atoms with E-state index in [1.807, 2.05) is 55.5 Å². The summed E-state index contributed by atoms with van der Waals surface area (Å²) in [5, 5.41) is 4.40. The molecule has 6 heteroatoms. The predicted octanol–water partition coefficient (Wildman–Crippen LogP) is 6.50. The highest BCUT2D eigenvalue weighted by molar-refractivity contribution is 9.10. The Morgan fingerprint density at radius 2 is 1.65 bits per heavy atom. The highest BCUT2D eigenvalue weighted by Crippen LogP contribution is 2.49. The number of para-hydroxylation sites is 1. The molecule has 0 radical (unpaired) electrons. The number of methoxy groups -OCH3 is 1. The lowest BCUT2D eigenvalue weighted by molar-refractivity contribution is -0.136. The van der Waals surface area contributed by atoms with Crippen molar-refractivity contribution in [1.82, 2.24) is 9.88 Å². The number of nitrogens with one attached hydrogen (secondary N) is 1. The highest BCUT2D eigenvalue weighted by atomic mass is 79.9. The number of fused-ring (bicyclic) bond motifs is 3. The predicted molar refractivity (Wildman–Crippen MR) is 148 cm³/mol. The second-order valence-electron chi connectivity index (χ2n) is 9.48. The Bertz CT molecular complexity index is 1670. The summed E-state index contributed by atoms with van der Waals surface area (Å²) in [6.07, 6.45) is 0. The first kappa shape index (κ1) is 23.5. The normalized spacial score (nSPS) is 16.6. The van der Waals surface area contributed by atoms with Gasteiger partial charge in [0.15, 0.2) is 5.78 Å². The number of hydrogen-bond donors (Lipinski definition) is 1. The van der Waals surface area contributed by atoms with Crippen molar-refractivity contribution in [1.29, 1.82) is 0 Å². The number of benzene rings is 3. The van der Waals surface area contributed by atoms with E-state index in [1.165, 1.54) is 7.11 Å². The summed E-state index contributed by atoms with van der Waals surface area (Å²) in [7, 11) is 1.39. The van der Waals surface area contributed by atoms with Gasteiger partial charge < -0.3 is 14.6 Å². The van der Waals surface area contributed by atoms with E-state index in [-0.39, 0.29) is 5.78 Å². The van der Waals surface area contributed by atoms with E-state index in [0.29, 0.717) is 29.0 Å². The van der Waals surface area contributed by atoms with Crippen molar-refractivity contribution in [2.45, 2.75) is 26.3 Å². The maximum atomic E-state index is 13.9. The summed E-state index contributed by atoms with van der Waals surface area (Å²) in [4.78, 5) is 27.1. The fourth-order valence-electron chi connectivity index (χ4n) is 5.80. The Labute approximate surface area is 223 Å². The lowest BCUT2D eigenvalue weighted by atomic mass is 9.78. The molecule has 2 aliphatic rings. The zero-order valence-electron chi connectivity index (χ0n) is 20.8. The van der Waals surface area contributed by atoms with Gasteiger partial charge in [-0.05, 0) is 43.2 Å². The van der Waals surface area contributed by atoms with Gasteiger partial charge in [-0.25, -0.2) is 4.79 Å². The van der Waals surface area contributed by atoms with Crippen molar-refractivity contribution in [2.24, 2.45) is 0 Å². The molecule has 2 heterocycles. The topological polar surface area (TPSA) is 60.3 Å². The number of allylic oxidation sites excluding steroid dienone is 2. The summed E-state index contributed by atoms with van der Waals surface area (Å²) >= 11 is 3.52. The summed E-state index contributed by atoms with van der Waals surface area (Å²) in [5.74, 6) is -1.05. The summed E-state index contributed by atoms with van der Waals surface area (Å²) in [5.41, 5.74) is 8.26. The molecular weight excluding hydrogens is 528 g/mol. The number of dihydropyridines is 1. The van der Waals surface area contributed by atoms with Crippen molar-refractivity contribution in [3.63, 3.8) is 0 Å². The number of rotatable bonds is 4. The van der Waals surface area contributed by atoms with Crippen LogP contribution in [0.2, 0.25) is 0 Å². The van der Waals surface area contributed by atoms with Gasteiger partial charge in [0.2, 0.25) is 0 Å². The lowest BCUT2D eigenvalue weighted by Gasteiger charge is -2.29. The molecule has 0 bridgehead atoms. The number of aromatic nitrogens is 1. The number of halogens is 1. The summed E-state index contributed by atoms with van der Waals surface area (Å²) in [6.45, 7) is 4.62. The molecule has 3 aromatic carbocycles. The van der Waals surface area contributed by atoms with Crippen LogP contribution in [-0.4, -0.2) is 23.4 Å². The van der Waals surface area contributed by atoms with Crippen molar-refractivity contribution >= 4 is 44.3 Å². The molecule has 1 atom stereocenters. The molecule has 1 aliphatic carbocycles. The van der Waals surface area contributed by atoms with Crippen LogP contribution < -0.4 is 5.32 Å². The molecule has 37 heavy (non-hydrogen) atoms. The highest BCUT2D eigenvalue weighted by Gasteiger charge is 2.44. The minimum absolute atomic E-state index is 0.0545. The number of hydrogen-bond acceptors (Lipinski definition) is 4. The first-order valence-electron chi connectivity index (χ1n) is 12.2. The van der Waals surface area contributed by atoms with Crippen molar-refractivity contribution < 1.29 is 14.3 Å². The molecule has 4 aromatic rings. The fraction of sp³-hybridized carbons (Fsp3) is 0.161. The number of esters is 1. The number of carbonyl (C=O) groups is 2. The van der Waals surface area contributed by atoms with E-state index in [0.717, 1.165) is 43.5 Å². The number of Topliss-reactive ketones (excluding diaryl/α,β-unsaturated/α-hetero) is 1. The van der Waals surface area contributed by atoms with Gasteiger partial charge in [0.25, 0.3) is 0 Å². The van der Waals surface area contributed by atoms with E-state index in [2.05, 4.69) is 57.0 Å². The molecule has 0 unspecified atom stereocenters. The summed E-state index contributed by atoms with van der Waals surface area (Å²) < 4.78 is 8.56. The average Bonchev–Trinajstić information content (AvgIpc) is 3.35. The molecular formula is C31H25BrN2O3. The minimum Gasteiger partial charge on any atom is -0.466 e. The molecule has 184 valence electrons. The van der Waals surface area contributed by atoms with E-state index in [4.69, 9.17) is 4.74 Å². The summed E-state index contributed by atoms with van der Waals surface area (Å²) in [6, 6.07) is 24.1.